The van der Waals surface area contributed by atoms with Gasteiger partial charge in [0.25, 0.3) is 5.91 Å². The Hall–Kier alpha value is -2.67. The van der Waals surface area contributed by atoms with Crippen molar-refractivity contribution < 1.29 is 19.4 Å². The van der Waals surface area contributed by atoms with Gasteiger partial charge in [0.15, 0.2) is 0 Å². The van der Waals surface area contributed by atoms with E-state index in [1.807, 2.05) is 4.90 Å². The molecule has 0 spiro atoms. The van der Waals surface area contributed by atoms with Crippen LogP contribution in [0.4, 0.5) is 0 Å². The highest BCUT2D eigenvalue weighted by molar-refractivity contribution is 5.97. The number of phenolic OH excluding ortho intramolecular Hbond substituents is 1. The van der Waals surface area contributed by atoms with Gasteiger partial charge in [-0.05, 0) is 93.1 Å². The summed E-state index contributed by atoms with van der Waals surface area (Å²) in [4.78, 5) is 30.5. The quantitative estimate of drug-likeness (QED) is 0.455. The number of amides is 2. The van der Waals surface area contributed by atoms with Crippen LogP contribution in [0.15, 0.2) is 24.3 Å². The predicted octanol–water partition coefficient (Wildman–Crippen LogP) is 2.39. The maximum atomic E-state index is 13.7. The number of nitrogens with zero attached hydrogens (tertiary/aromatic N) is 3. The number of likely N-dealkylation sites (tertiary alicyclic amines) is 2. The van der Waals surface area contributed by atoms with Crippen molar-refractivity contribution in [3.05, 3.63) is 29.8 Å². The highest BCUT2D eigenvalue weighted by atomic mass is 16.5. The number of nitriles is 1. The molecule has 1 aromatic rings. The molecule has 9 nitrogen and oxygen atoms in total. The molecule has 8 rings (SSSR count). The first-order valence-corrected chi connectivity index (χ1v) is 15.2. The van der Waals surface area contributed by atoms with E-state index in [9.17, 15) is 20.0 Å². The van der Waals surface area contributed by atoms with Gasteiger partial charge in [-0.25, -0.2) is 0 Å². The number of benzene rings is 1. The second-order valence-corrected chi connectivity index (χ2v) is 13.8. The third-order valence-corrected chi connectivity index (χ3v) is 11.1. The summed E-state index contributed by atoms with van der Waals surface area (Å²) < 4.78 is 6.76. The van der Waals surface area contributed by atoms with Crippen molar-refractivity contribution in [2.45, 2.75) is 87.6 Å². The molecule has 5 aliphatic carbocycles. The number of nitrogens with two attached hydrogens (primary N) is 1. The van der Waals surface area contributed by atoms with Crippen LogP contribution in [-0.4, -0.2) is 82.7 Å². The molecular weight excluding hydrogens is 506 g/mol. The van der Waals surface area contributed by atoms with Crippen LogP contribution in [0.3, 0.4) is 0 Å². The molecule has 7 atom stereocenters. The molecule has 1 aromatic carbocycles. The molecule has 5 saturated carbocycles. The number of para-hydroxylation sites is 1. The fourth-order valence-corrected chi connectivity index (χ4v) is 9.57. The molecule has 7 fully saturated rings. The number of carbonyl (C=O) groups is 2. The van der Waals surface area contributed by atoms with Gasteiger partial charge >= 0.3 is 0 Å². The third-order valence-electron chi connectivity index (χ3n) is 11.1. The average Bonchev–Trinajstić information content (AvgIpc) is 3.36. The second-order valence-electron chi connectivity index (χ2n) is 13.8. The van der Waals surface area contributed by atoms with E-state index in [0.717, 1.165) is 71.0 Å². The summed E-state index contributed by atoms with van der Waals surface area (Å²) in [6, 6.07) is 8.40. The van der Waals surface area contributed by atoms with Crippen LogP contribution >= 0.6 is 0 Å². The second kappa shape index (κ2) is 9.71. The lowest BCUT2D eigenvalue weighted by Crippen LogP contribution is -2.65. The molecule has 2 unspecified atom stereocenters. The smallest absolute Gasteiger partial charge is 0.255 e. The lowest BCUT2D eigenvalue weighted by Gasteiger charge is -2.63. The van der Waals surface area contributed by atoms with Gasteiger partial charge in [0.2, 0.25) is 5.91 Å². The lowest BCUT2D eigenvalue weighted by atomic mass is 9.46. The third kappa shape index (κ3) is 4.49. The van der Waals surface area contributed by atoms with Crippen molar-refractivity contribution in [3.8, 4) is 11.8 Å². The zero-order valence-corrected chi connectivity index (χ0v) is 23.1. The maximum Gasteiger partial charge on any atom is 0.255 e. The zero-order chi connectivity index (χ0) is 27.6. The molecule has 9 heteroatoms. The van der Waals surface area contributed by atoms with E-state index in [1.165, 1.54) is 12.5 Å². The molecule has 0 radical (unpaired) electrons. The van der Waals surface area contributed by atoms with Crippen LogP contribution in [0.5, 0.6) is 5.75 Å². The standard InChI is InChI=1S/C31H41N5O4/c32-16-23-10-21-11-25(21)36(23)29(39)27(33)30-12-19-9-20(13-30)15-31(14-19,18-30)40-8-7-35-6-5-22(17-35)34-28(38)24-3-1-2-4-26(24)37/h1-4,19-23,25,27,37H,5-15,17-18,33H2,(H,34,38)/t19?,20?,21-,22-,23+,25+,27-,30?,31?/m1/s1. The molecule has 7 aliphatic rings. The number of rotatable bonds is 8. The summed E-state index contributed by atoms with van der Waals surface area (Å²) in [7, 11) is 0. The van der Waals surface area contributed by atoms with Crippen LogP contribution in [0.1, 0.15) is 68.1 Å². The van der Waals surface area contributed by atoms with E-state index < -0.39 is 6.04 Å². The van der Waals surface area contributed by atoms with Crippen LogP contribution in [0, 0.1) is 34.5 Å². The van der Waals surface area contributed by atoms with Gasteiger partial charge in [-0.3, -0.25) is 14.5 Å². The Morgan fingerprint density at radius 3 is 2.70 bits per heavy atom. The van der Waals surface area contributed by atoms with Crippen molar-refractivity contribution in [1.82, 2.24) is 15.1 Å². The van der Waals surface area contributed by atoms with Crippen LogP contribution in [0.25, 0.3) is 0 Å². The Labute approximate surface area is 236 Å². The summed E-state index contributed by atoms with van der Waals surface area (Å²) in [5, 5.41) is 22.7. The number of piperidine rings is 1. The van der Waals surface area contributed by atoms with Crippen molar-refractivity contribution >= 4 is 11.8 Å². The van der Waals surface area contributed by atoms with Crippen molar-refractivity contribution in [3.63, 3.8) is 0 Å². The molecular formula is C31H41N5O4. The van der Waals surface area contributed by atoms with E-state index >= 15 is 0 Å². The fourth-order valence-electron chi connectivity index (χ4n) is 9.57. The molecule has 2 amide bonds. The molecule has 214 valence electrons. The van der Waals surface area contributed by atoms with Crippen LogP contribution < -0.4 is 11.1 Å². The maximum absolute atomic E-state index is 13.7. The van der Waals surface area contributed by atoms with E-state index in [4.69, 9.17) is 10.5 Å². The van der Waals surface area contributed by atoms with Crippen LogP contribution in [-0.2, 0) is 9.53 Å². The molecule has 2 saturated heterocycles. The van der Waals surface area contributed by atoms with Gasteiger partial charge in [0.1, 0.15) is 11.8 Å². The van der Waals surface area contributed by atoms with E-state index in [2.05, 4.69) is 16.3 Å². The monoisotopic (exact) mass is 547 g/mol. The minimum Gasteiger partial charge on any atom is -0.507 e. The number of ether oxygens (including phenoxy) is 1. The summed E-state index contributed by atoms with van der Waals surface area (Å²) in [6.07, 6.45) is 8.89. The average molecular weight is 548 g/mol. The molecule has 2 heterocycles. The van der Waals surface area contributed by atoms with E-state index in [1.54, 1.807) is 18.2 Å². The number of hydrogen-bond acceptors (Lipinski definition) is 7. The molecule has 4 bridgehead atoms. The van der Waals surface area contributed by atoms with Gasteiger partial charge in [0, 0.05) is 31.7 Å². The SMILES string of the molecule is N#C[C@@H]1C[C@@H]2C[C@@H]2N1C(=O)[C@@H](N)C12CC3CC(CC(OCCN4CC[C@@H](NC(=O)c5ccccc5O)C4)(C3)C1)C2. The van der Waals surface area contributed by atoms with Gasteiger partial charge in [0.05, 0.1) is 29.9 Å². The van der Waals surface area contributed by atoms with Gasteiger partial charge in [-0.15, -0.1) is 0 Å². The van der Waals surface area contributed by atoms with Crippen molar-refractivity contribution in [2.75, 3.05) is 26.2 Å². The Kier molecular flexibility index (Phi) is 6.37. The Balaban J connectivity index is 0.953. The number of carbonyl (C=O) groups excluding carboxylic acids is 2. The summed E-state index contributed by atoms with van der Waals surface area (Å²) >= 11 is 0. The highest BCUT2D eigenvalue weighted by Crippen LogP contribution is 2.64. The minimum absolute atomic E-state index is 0.0000562. The highest BCUT2D eigenvalue weighted by Gasteiger charge is 2.63. The predicted molar refractivity (Wildman–Crippen MR) is 147 cm³/mol. The topological polar surface area (TPSA) is 132 Å². The largest absolute Gasteiger partial charge is 0.507 e. The first-order valence-electron chi connectivity index (χ1n) is 15.2. The summed E-state index contributed by atoms with van der Waals surface area (Å²) in [5.74, 6) is 1.37. The zero-order valence-electron chi connectivity index (χ0n) is 23.1. The first kappa shape index (κ1) is 26.2. The minimum atomic E-state index is -0.552. The lowest BCUT2D eigenvalue weighted by molar-refractivity contribution is -0.201. The number of nitrogens with one attached hydrogen (secondary N) is 1. The van der Waals surface area contributed by atoms with Gasteiger partial charge in [-0.2, -0.15) is 5.26 Å². The fraction of sp³-hybridized carbons (Fsp3) is 0.710. The summed E-state index contributed by atoms with van der Waals surface area (Å²) in [5.41, 5.74) is 6.75. The molecule has 40 heavy (non-hydrogen) atoms. The number of hydrogen-bond donors (Lipinski definition) is 3. The normalized spacial score (nSPS) is 40.0. The Morgan fingerprint density at radius 2 is 1.95 bits per heavy atom. The first-order chi connectivity index (χ1) is 19.3. The summed E-state index contributed by atoms with van der Waals surface area (Å²) in [6.45, 7) is 3.10. The Bertz CT molecular complexity index is 1220. The Morgan fingerprint density at radius 1 is 1.18 bits per heavy atom. The molecule has 2 aliphatic heterocycles. The van der Waals surface area contributed by atoms with E-state index in [0.29, 0.717) is 29.9 Å². The number of fused-ring (bicyclic) bond motifs is 1. The van der Waals surface area contributed by atoms with Crippen molar-refractivity contribution in [1.29, 1.82) is 5.26 Å². The van der Waals surface area contributed by atoms with Gasteiger partial charge in [-0.1, -0.05) is 12.1 Å². The number of aromatic hydroxyl groups is 1. The van der Waals surface area contributed by atoms with E-state index in [-0.39, 0.29) is 46.7 Å². The number of phenols is 1. The van der Waals surface area contributed by atoms with Crippen LogP contribution in [0.2, 0.25) is 0 Å². The molecule has 4 N–H and O–H groups in total. The van der Waals surface area contributed by atoms with Gasteiger partial charge < -0.3 is 25.8 Å². The molecule has 0 aromatic heterocycles. The van der Waals surface area contributed by atoms with Crippen molar-refractivity contribution in [2.24, 2.45) is 28.9 Å².